The molecule has 2 unspecified atom stereocenters. The van der Waals surface area contributed by atoms with Crippen molar-refractivity contribution in [2.24, 2.45) is 0 Å². The fourth-order valence-electron chi connectivity index (χ4n) is 2.28. The molecule has 1 fully saturated rings. The highest BCUT2D eigenvalue weighted by molar-refractivity contribution is 5.76. The van der Waals surface area contributed by atoms with Crippen LogP contribution in [0.3, 0.4) is 0 Å². The van der Waals surface area contributed by atoms with Gasteiger partial charge in [0.1, 0.15) is 0 Å². The molecule has 1 saturated heterocycles. The normalized spacial score (nSPS) is 20.9. The molecule has 0 spiro atoms. The quantitative estimate of drug-likeness (QED) is 0.767. The maximum Gasteiger partial charge on any atom is 0.318 e. The molecule has 2 amide bonds. The van der Waals surface area contributed by atoms with E-state index in [0.717, 1.165) is 19.3 Å². The number of carbonyl (C=O) groups is 2. The molecule has 0 aromatic carbocycles. The zero-order chi connectivity index (χ0) is 14.3. The van der Waals surface area contributed by atoms with Crippen molar-refractivity contribution in [2.45, 2.75) is 51.6 Å². The minimum Gasteiger partial charge on any atom is -0.481 e. The maximum atomic E-state index is 12.2. The van der Waals surface area contributed by atoms with Crippen LogP contribution in [0.4, 0.5) is 4.79 Å². The van der Waals surface area contributed by atoms with Gasteiger partial charge in [-0.25, -0.2) is 4.79 Å². The molecule has 0 aromatic rings. The highest BCUT2D eigenvalue weighted by Gasteiger charge is 2.29. The molecule has 1 aliphatic rings. The van der Waals surface area contributed by atoms with Gasteiger partial charge in [0.25, 0.3) is 0 Å². The molecule has 0 aliphatic carbocycles. The fourth-order valence-corrected chi connectivity index (χ4v) is 2.28. The molecule has 1 heterocycles. The average molecular weight is 272 g/mol. The number of carboxylic acid groups (broad SMARTS) is 1. The van der Waals surface area contributed by atoms with Crippen LogP contribution in [0, 0.1) is 0 Å². The number of nitrogens with one attached hydrogen (secondary N) is 1. The maximum absolute atomic E-state index is 12.2. The van der Waals surface area contributed by atoms with Gasteiger partial charge in [-0.1, -0.05) is 20.3 Å². The Morgan fingerprint density at radius 3 is 2.79 bits per heavy atom. The summed E-state index contributed by atoms with van der Waals surface area (Å²) in [4.78, 5) is 24.6. The molecular formula is C13H24N2O4. The van der Waals surface area contributed by atoms with Gasteiger partial charge in [-0.05, 0) is 12.8 Å². The Morgan fingerprint density at radius 2 is 2.21 bits per heavy atom. The Balaban J connectivity index is 2.58. The van der Waals surface area contributed by atoms with Crippen LogP contribution in [0.25, 0.3) is 0 Å². The second-order valence-corrected chi connectivity index (χ2v) is 4.86. The van der Waals surface area contributed by atoms with Crippen LogP contribution in [-0.2, 0) is 9.53 Å². The standard InChI is InChI=1S/C13H24N2O4/c1-3-5-10(4-2)14-13(18)15-6-7-19-9-11(15)8-12(16)17/h10-11H,3-9H2,1-2H3,(H,14,18)(H,16,17). The molecule has 2 atom stereocenters. The third-order valence-electron chi connectivity index (χ3n) is 3.36. The average Bonchev–Trinajstić information content (AvgIpc) is 2.38. The van der Waals surface area contributed by atoms with Crippen LogP contribution < -0.4 is 5.32 Å². The van der Waals surface area contributed by atoms with Crippen LogP contribution in [0.1, 0.15) is 39.5 Å². The van der Waals surface area contributed by atoms with Gasteiger partial charge >= 0.3 is 12.0 Å². The third kappa shape index (κ3) is 5.06. The van der Waals surface area contributed by atoms with Crippen molar-refractivity contribution in [3.05, 3.63) is 0 Å². The minimum atomic E-state index is -0.908. The van der Waals surface area contributed by atoms with Crippen molar-refractivity contribution < 1.29 is 19.4 Å². The number of nitrogens with zero attached hydrogens (tertiary/aromatic N) is 1. The lowest BCUT2D eigenvalue weighted by Crippen LogP contribution is -2.54. The van der Waals surface area contributed by atoms with Gasteiger partial charge < -0.3 is 20.1 Å². The number of carbonyl (C=O) groups excluding carboxylic acids is 1. The second kappa shape index (κ2) is 7.99. The topological polar surface area (TPSA) is 78.9 Å². The summed E-state index contributed by atoms with van der Waals surface area (Å²) in [5, 5.41) is 11.8. The van der Waals surface area contributed by atoms with Crippen molar-refractivity contribution in [1.29, 1.82) is 0 Å². The highest BCUT2D eigenvalue weighted by Crippen LogP contribution is 2.12. The lowest BCUT2D eigenvalue weighted by Gasteiger charge is -2.35. The van der Waals surface area contributed by atoms with Gasteiger partial charge in [-0.15, -0.1) is 0 Å². The molecule has 0 bridgehead atoms. The zero-order valence-electron chi connectivity index (χ0n) is 11.7. The number of hydrogen-bond acceptors (Lipinski definition) is 3. The Bertz CT molecular complexity index is 309. The number of aliphatic carboxylic acids is 1. The van der Waals surface area contributed by atoms with E-state index in [4.69, 9.17) is 9.84 Å². The summed E-state index contributed by atoms with van der Waals surface area (Å²) in [5.74, 6) is -0.908. The number of rotatable bonds is 6. The van der Waals surface area contributed by atoms with E-state index in [1.54, 1.807) is 4.90 Å². The van der Waals surface area contributed by atoms with Gasteiger partial charge in [0.2, 0.25) is 0 Å². The number of hydrogen-bond donors (Lipinski definition) is 2. The van der Waals surface area contributed by atoms with Gasteiger partial charge in [0, 0.05) is 12.6 Å². The van der Waals surface area contributed by atoms with Gasteiger partial charge in [-0.3, -0.25) is 4.79 Å². The summed E-state index contributed by atoms with van der Waals surface area (Å²) in [6.07, 6.45) is 2.77. The van der Waals surface area contributed by atoms with E-state index >= 15 is 0 Å². The Labute approximate surface area is 114 Å². The minimum absolute atomic E-state index is 0.0714. The third-order valence-corrected chi connectivity index (χ3v) is 3.36. The predicted octanol–water partition coefficient (Wildman–Crippen LogP) is 1.45. The van der Waals surface area contributed by atoms with E-state index < -0.39 is 5.97 Å². The van der Waals surface area contributed by atoms with Crippen molar-refractivity contribution in [1.82, 2.24) is 10.2 Å². The van der Waals surface area contributed by atoms with E-state index in [9.17, 15) is 9.59 Å². The summed E-state index contributed by atoms with van der Waals surface area (Å²) in [6.45, 7) is 5.33. The summed E-state index contributed by atoms with van der Waals surface area (Å²) in [7, 11) is 0. The molecule has 1 rings (SSSR count). The first-order chi connectivity index (χ1) is 9.08. The highest BCUT2D eigenvalue weighted by atomic mass is 16.5. The van der Waals surface area contributed by atoms with E-state index in [1.807, 2.05) is 6.92 Å². The Morgan fingerprint density at radius 1 is 1.47 bits per heavy atom. The molecule has 1 aliphatic heterocycles. The number of carboxylic acids is 1. The second-order valence-electron chi connectivity index (χ2n) is 4.86. The van der Waals surface area contributed by atoms with Gasteiger partial charge in [0.05, 0.1) is 25.7 Å². The van der Waals surface area contributed by atoms with E-state index in [-0.39, 0.29) is 24.5 Å². The monoisotopic (exact) mass is 272 g/mol. The lowest BCUT2D eigenvalue weighted by molar-refractivity contribution is -0.139. The summed E-state index contributed by atoms with van der Waals surface area (Å²) < 4.78 is 5.26. The van der Waals surface area contributed by atoms with Crippen LogP contribution in [-0.4, -0.2) is 53.8 Å². The molecule has 6 nitrogen and oxygen atoms in total. The van der Waals surface area contributed by atoms with Crippen LogP contribution >= 0.6 is 0 Å². The summed E-state index contributed by atoms with van der Waals surface area (Å²) in [6, 6.07) is -0.383. The molecule has 19 heavy (non-hydrogen) atoms. The number of urea groups is 1. The molecule has 0 aromatic heterocycles. The lowest BCUT2D eigenvalue weighted by atomic mass is 10.1. The van der Waals surface area contributed by atoms with E-state index in [1.165, 1.54) is 0 Å². The van der Waals surface area contributed by atoms with Crippen molar-refractivity contribution in [2.75, 3.05) is 19.8 Å². The molecule has 6 heteroatoms. The molecule has 2 N–H and O–H groups in total. The molecular weight excluding hydrogens is 248 g/mol. The Kier molecular flexibility index (Phi) is 6.62. The van der Waals surface area contributed by atoms with Gasteiger partial charge in [0.15, 0.2) is 0 Å². The largest absolute Gasteiger partial charge is 0.481 e. The van der Waals surface area contributed by atoms with Crippen LogP contribution in [0.15, 0.2) is 0 Å². The smallest absolute Gasteiger partial charge is 0.318 e. The fraction of sp³-hybridized carbons (Fsp3) is 0.846. The van der Waals surface area contributed by atoms with E-state index in [0.29, 0.717) is 19.8 Å². The molecule has 0 radical (unpaired) electrons. The van der Waals surface area contributed by atoms with Crippen LogP contribution in [0.2, 0.25) is 0 Å². The first-order valence-electron chi connectivity index (χ1n) is 6.95. The first kappa shape index (κ1) is 15.8. The number of ether oxygens (including phenoxy) is 1. The number of amides is 2. The van der Waals surface area contributed by atoms with Gasteiger partial charge in [-0.2, -0.15) is 0 Å². The summed E-state index contributed by atoms with van der Waals surface area (Å²) in [5.41, 5.74) is 0. The zero-order valence-corrected chi connectivity index (χ0v) is 11.7. The summed E-state index contributed by atoms with van der Waals surface area (Å²) >= 11 is 0. The predicted molar refractivity (Wildman–Crippen MR) is 71.1 cm³/mol. The van der Waals surface area contributed by atoms with Crippen molar-refractivity contribution in [3.63, 3.8) is 0 Å². The molecule has 110 valence electrons. The van der Waals surface area contributed by atoms with E-state index in [2.05, 4.69) is 12.2 Å². The SMILES string of the molecule is CCCC(CC)NC(=O)N1CCOCC1CC(=O)O. The van der Waals surface area contributed by atoms with Crippen molar-refractivity contribution >= 4 is 12.0 Å². The van der Waals surface area contributed by atoms with Crippen molar-refractivity contribution in [3.8, 4) is 0 Å². The number of morpholine rings is 1. The first-order valence-corrected chi connectivity index (χ1v) is 6.95. The van der Waals surface area contributed by atoms with Crippen LogP contribution in [0.5, 0.6) is 0 Å². The Hall–Kier alpha value is -1.30. The molecule has 0 saturated carbocycles.